The van der Waals surface area contributed by atoms with Crippen LogP contribution in [0, 0.1) is 35.1 Å². The first-order valence-electron chi connectivity index (χ1n) is 13.5. The quantitative estimate of drug-likeness (QED) is 0.219. The van der Waals surface area contributed by atoms with Gasteiger partial charge >= 0.3 is 0 Å². The van der Waals surface area contributed by atoms with Gasteiger partial charge in [0, 0.05) is 23.9 Å². The minimum atomic E-state index is -1.82. The maximum Gasteiger partial charge on any atom is 0.287 e. The maximum atomic E-state index is 14.1. The summed E-state index contributed by atoms with van der Waals surface area (Å²) < 4.78 is 65.7. The Morgan fingerprint density at radius 2 is 1.67 bits per heavy atom. The molecule has 3 amide bonds. The first-order chi connectivity index (χ1) is 20.1. The summed E-state index contributed by atoms with van der Waals surface area (Å²) in [6.45, 7) is -0.708. The van der Waals surface area contributed by atoms with Gasteiger partial charge in [-0.15, -0.1) is 0 Å². The highest BCUT2D eigenvalue weighted by molar-refractivity contribution is 5.99. The largest absolute Gasteiger partial charge is 0.479 e. The van der Waals surface area contributed by atoms with Gasteiger partial charge < -0.3 is 25.1 Å². The van der Waals surface area contributed by atoms with Crippen molar-refractivity contribution in [1.29, 1.82) is 0 Å². The Morgan fingerprint density at radius 3 is 2.31 bits per heavy atom. The number of amides is 3. The minimum absolute atomic E-state index is 0.000723. The molecule has 1 aliphatic heterocycles. The van der Waals surface area contributed by atoms with Crippen molar-refractivity contribution in [1.82, 2.24) is 16.0 Å². The summed E-state index contributed by atoms with van der Waals surface area (Å²) >= 11 is 0. The predicted octanol–water partition coefficient (Wildman–Crippen LogP) is 3.55. The highest BCUT2D eigenvalue weighted by Gasteiger charge is 2.36. The van der Waals surface area contributed by atoms with Crippen LogP contribution in [0.3, 0.4) is 0 Å². The van der Waals surface area contributed by atoms with Crippen LogP contribution >= 0.6 is 0 Å². The van der Waals surface area contributed by atoms with E-state index in [-0.39, 0.29) is 36.5 Å². The van der Waals surface area contributed by atoms with Gasteiger partial charge in [-0.2, -0.15) is 8.78 Å². The standard InChI is InChI=1S/C29H27F4N3O6/c30-17-12-18(31)25(33)26(24(17)32)41-13-21(37)19(10-16-7-8-34-27(16)38)35-28(39)20(9-14-5-6-14)36-29(40)23-11-15-3-1-2-4-22(15)42-23/h1-4,11-12,14,16,19-20H,5-10,13H2,(H,34,38)(H,35,39)(H,36,40). The van der Waals surface area contributed by atoms with Crippen molar-refractivity contribution in [3.8, 4) is 5.75 Å². The molecule has 3 atom stereocenters. The molecule has 222 valence electrons. The van der Waals surface area contributed by atoms with E-state index >= 15 is 0 Å². The predicted molar refractivity (Wildman–Crippen MR) is 139 cm³/mol. The van der Waals surface area contributed by atoms with Gasteiger partial charge in [0.1, 0.15) is 18.2 Å². The fourth-order valence-electron chi connectivity index (χ4n) is 4.86. The monoisotopic (exact) mass is 589 g/mol. The Kier molecular flexibility index (Phi) is 8.46. The fraction of sp³-hybridized carbons (Fsp3) is 0.379. The van der Waals surface area contributed by atoms with E-state index < -0.39 is 71.2 Å². The number of carbonyl (C=O) groups is 4. The Bertz CT molecular complexity index is 1480. The molecule has 3 unspecified atom stereocenters. The number of carbonyl (C=O) groups excluding carboxylic acids is 4. The molecule has 0 radical (unpaired) electrons. The lowest BCUT2D eigenvalue weighted by molar-refractivity contribution is -0.131. The zero-order chi connectivity index (χ0) is 30.0. The van der Waals surface area contributed by atoms with Gasteiger partial charge in [0.25, 0.3) is 5.91 Å². The molecule has 3 N–H and O–H groups in total. The molecule has 2 aromatic carbocycles. The number of nitrogens with one attached hydrogen (secondary N) is 3. The molecule has 42 heavy (non-hydrogen) atoms. The Balaban J connectivity index is 1.31. The zero-order valence-electron chi connectivity index (χ0n) is 22.2. The molecule has 13 heteroatoms. The molecular formula is C29H27F4N3O6. The summed E-state index contributed by atoms with van der Waals surface area (Å²) in [7, 11) is 0. The fourth-order valence-corrected chi connectivity index (χ4v) is 4.86. The maximum absolute atomic E-state index is 14.1. The summed E-state index contributed by atoms with van der Waals surface area (Å²) in [6.07, 6.45) is 2.17. The van der Waals surface area contributed by atoms with Crippen molar-refractivity contribution in [2.24, 2.45) is 11.8 Å². The number of furan rings is 1. The van der Waals surface area contributed by atoms with Gasteiger partial charge in [0.15, 0.2) is 28.9 Å². The Labute approximate surface area is 236 Å². The lowest BCUT2D eigenvalue weighted by Gasteiger charge is -2.24. The number of para-hydroxylation sites is 1. The van der Waals surface area contributed by atoms with Crippen molar-refractivity contribution < 1.29 is 45.9 Å². The van der Waals surface area contributed by atoms with E-state index in [0.717, 1.165) is 12.8 Å². The molecule has 0 spiro atoms. The minimum Gasteiger partial charge on any atom is -0.479 e. The van der Waals surface area contributed by atoms with Crippen LogP contribution in [0.5, 0.6) is 5.75 Å². The Morgan fingerprint density at radius 1 is 0.952 bits per heavy atom. The van der Waals surface area contributed by atoms with E-state index in [1.165, 1.54) is 6.07 Å². The molecule has 3 aromatic rings. The van der Waals surface area contributed by atoms with Crippen molar-refractivity contribution in [3.63, 3.8) is 0 Å². The summed E-state index contributed by atoms with van der Waals surface area (Å²) in [5, 5.41) is 8.50. The molecule has 2 fully saturated rings. The summed E-state index contributed by atoms with van der Waals surface area (Å²) in [5.74, 6) is -11.6. The molecule has 1 aliphatic carbocycles. The van der Waals surface area contributed by atoms with Gasteiger partial charge in [-0.1, -0.05) is 31.0 Å². The zero-order valence-corrected chi connectivity index (χ0v) is 22.2. The summed E-state index contributed by atoms with van der Waals surface area (Å²) in [4.78, 5) is 51.8. The molecule has 9 nitrogen and oxygen atoms in total. The average molecular weight is 590 g/mol. The molecule has 1 saturated heterocycles. The van der Waals surface area contributed by atoms with Gasteiger partial charge in [-0.25, -0.2) is 8.78 Å². The number of fused-ring (bicyclic) bond motifs is 1. The lowest BCUT2D eigenvalue weighted by atomic mass is 9.95. The Hall–Kier alpha value is -4.42. The van der Waals surface area contributed by atoms with Crippen LogP contribution in [0.4, 0.5) is 17.6 Å². The van der Waals surface area contributed by atoms with E-state index in [1.54, 1.807) is 24.3 Å². The normalized spacial score (nSPS) is 17.9. The van der Waals surface area contributed by atoms with Crippen molar-refractivity contribution >= 4 is 34.5 Å². The number of hydrogen-bond donors (Lipinski definition) is 3. The second-order valence-corrected chi connectivity index (χ2v) is 10.5. The van der Waals surface area contributed by atoms with Gasteiger partial charge in [-0.05, 0) is 37.3 Å². The lowest BCUT2D eigenvalue weighted by Crippen LogP contribution is -2.53. The first kappa shape index (κ1) is 29.1. The van der Waals surface area contributed by atoms with Gasteiger partial charge in [0.05, 0.1) is 6.04 Å². The van der Waals surface area contributed by atoms with E-state index in [9.17, 15) is 36.7 Å². The SMILES string of the molecule is O=C(NC(CC1CC1)C(=O)NC(CC1CCNC1=O)C(=O)COc1c(F)c(F)cc(F)c1F)c1cc2ccccc2o1. The number of benzene rings is 2. The van der Waals surface area contributed by atoms with Crippen LogP contribution in [0.2, 0.25) is 0 Å². The molecule has 1 aromatic heterocycles. The number of hydrogen-bond acceptors (Lipinski definition) is 6. The van der Waals surface area contributed by atoms with E-state index in [1.807, 2.05) is 0 Å². The molecular weight excluding hydrogens is 562 g/mol. The molecule has 2 aliphatic rings. The third kappa shape index (κ3) is 6.55. The molecule has 5 rings (SSSR count). The van der Waals surface area contributed by atoms with Gasteiger partial charge in [0.2, 0.25) is 23.4 Å². The number of halogens is 4. The highest BCUT2D eigenvalue weighted by Crippen LogP contribution is 2.34. The number of ether oxygens (including phenoxy) is 1. The number of ketones is 1. The molecule has 2 heterocycles. The summed E-state index contributed by atoms with van der Waals surface area (Å²) in [6, 6.07) is 6.07. The first-order valence-corrected chi connectivity index (χ1v) is 13.5. The average Bonchev–Trinajstić information content (AvgIpc) is 3.52. The van der Waals surface area contributed by atoms with Crippen LogP contribution in [-0.4, -0.2) is 48.7 Å². The third-order valence-electron chi connectivity index (χ3n) is 7.36. The summed E-state index contributed by atoms with van der Waals surface area (Å²) in [5.41, 5.74) is 0.484. The topological polar surface area (TPSA) is 127 Å². The van der Waals surface area contributed by atoms with Crippen molar-refractivity contribution in [2.45, 2.75) is 44.2 Å². The number of rotatable bonds is 12. The van der Waals surface area contributed by atoms with Crippen LogP contribution in [0.25, 0.3) is 11.0 Å². The smallest absolute Gasteiger partial charge is 0.287 e. The van der Waals surface area contributed by atoms with Crippen LogP contribution in [0.1, 0.15) is 42.7 Å². The van der Waals surface area contributed by atoms with E-state index in [0.29, 0.717) is 23.9 Å². The van der Waals surface area contributed by atoms with Crippen LogP contribution < -0.4 is 20.7 Å². The highest BCUT2D eigenvalue weighted by atomic mass is 19.2. The van der Waals surface area contributed by atoms with Crippen molar-refractivity contribution in [3.05, 3.63) is 65.4 Å². The van der Waals surface area contributed by atoms with Crippen LogP contribution in [0.15, 0.2) is 40.8 Å². The molecule has 1 saturated carbocycles. The van der Waals surface area contributed by atoms with Gasteiger partial charge in [-0.3, -0.25) is 19.2 Å². The third-order valence-corrected chi connectivity index (χ3v) is 7.36. The second kappa shape index (κ2) is 12.2. The van der Waals surface area contributed by atoms with E-state index in [2.05, 4.69) is 16.0 Å². The van der Waals surface area contributed by atoms with Crippen molar-refractivity contribution in [2.75, 3.05) is 13.2 Å². The second-order valence-electron chi connectivity index (χ2n) is 10.5. The van der Waals surface area contributed by atoms with Crippen LogP contribution in [-0.2, 0) is 14.4 Å². The van der Waals surface area contributed by atoms with E-state index in [4.69, 9.17) is 9.15 Å². The molecule has 0 bridgehead atoms. The number of Topliss-reactive ketones (excluding diaryl/α,β-unsaturated/α-hetero) is 1.